The molecule has 0 bridgehead atoms. The smallest absolute Gasteiger partial charge is 0.265 e. The summed E-state index contributed by atoms with van der Waals surface area (Å²) < 4.78 is 6.93. The molecule has 1 aliphatic heterocycles. The average Bonchev–Trinajstić information content (AvgIpc) is 3.15. The minimum absolute atomic E-state index is 0.123. The monoisotopic (exact) mass is 346 g/mol. The molecule has 1 unspecified atom stereocenters. The Morgan fingerprint density at radius 1 is 1.48 bits per heavy atom. The SMILES string of the molecule is CCCN(C)CC1CCN(C(=O)c2c(C)oc3ncn(C)c(=O)c23)C1. The molecule has 25 heavy (non-hydrogen) atoms. The van der Waals surface area contributed by atoms with Crippen molar-refractivity contribution in [3.63, 3.8) is 0 Å². The molecule has 0 N–H and O–H groups in total. The highest BCUT2D eigenvalue weighted by atomic mass is 16.3. The van der Waals surface area contributed by atoms with Gasteiger partial charge in [0.15, 0.2) is 0 Å². The van der Waals surface area contributed by atoms with E-state index in [-0.39, 0.29) is 17.2 Å². The molecule has 3 rings (SSSR count). The molecule has 3 heterocycles. The summed E-state index contributed by atoms with van der Waals surface area (Å²) in [5.41, 5.74) is 0.359. The van der Waals surface area contributed by atoms with Crippen molar-refractivity contribution < 1.29 is 9.21 Å². The fourth-order valence-corrected chi connectivity index (χ4v) is 3.68. The van der Waals surface area contributed by atoms with E-state index in [1.54, 1.807) is 14.0 Å². The van der Waals surface area contributed by atoms with E-state index in [0.717, 1.165) is 39.0 Å². The first-order chi connectivity index (χ1) is 11.9. The van der Waals surface area contributed by atoms with Crippen LogP contribution in [-0.4, -0.2) is 58.5 Å². The molecule has 7 heteroatoms. The fraction of sp³-hybridized carbons (Fsp3) is 0.611. The maximum atomic E-state index is 13.0. The van der Waals surface area contributed by atoms with Crippen LogP contribution in [0.4, 0.5) is 0 Å². The molecule has 1 amide bonds. The van der Waals surface area contributed by atoms with E-state index in [4.69, 9.17) is 4.42 Å². The van der Waals surface area contributed by atoms with Crippen LogP contribution in [0.15, 0.2) is 15.5 Å². The van der Waals surface area contributed by atoms with E-state index < -0.39 is 0 Å². The topological polar surface area (TPSA) is 71.6 Å². The van der Waals surface area contributed by atoms with Crippen LogP contribution in [0.2, 0.25) is 0 Å². The zero-order valence-electron chi connectivity index (χ0n) is 15.4. The molecular weight excluding hydrogens is 320 g/mol. The summed E-state index contributed by atoms with van der Waals surface area (Å²) >= 11 is 0. The lowest BCUT2D eigenvalue weighted by atomic mass is 10.1. The Bertz CT molecular complexity index is 839. The summed E-state index contributed by atoms with van der Waals surface area (Å²) in [7, 11) is 3.75. The molecule has 0 saturated carbocycles. The van der Waals surface area contributed by atoms with Crippen molar-refractivity contribution in [1.82, 2.24) is 19.4 Å². The van der Waals surface area contributed by atoms with E-state index in [1.165, 1.54) is 10.9 Å². The van der Waals surface area contributed by atoms with Gasteiger partial charge in [-0.25, -0.2) is 4.98 Å². The van der Waals surface area contributed by atoms with Crippen molar-refractivity contribution >= 4 is 17.0 Å². The van der Waals surface area contributed by atoms with Crippen molar-refractivity contribution in [1.29, 1.82) is 0 Å². The lowest BCUT2D eigenvalue weighted by Gasteiger charge is -2.21. The summed E-state index contributed by atoms with van der Waals surface area (Å²) in [5.74, 6) is 0.810. The summed E-state index contributed by atoms with van der Waals surface area (Å²) in [4.78, 5) is 33.8. The normalized spacial score (nSPS) is 17.8. The highest BCUT2D eigenvalue weighted by molar-refractivity contribution is 6.06. The van der Waals surface area contributed by atoms with Crippen LogP contribution in [0.5, 0.6) is 0 Å². The number of rotatable bonds is 5. The second-order valence-corrected chi connectivity index (χ2v) is 7.04. The summed E-state index contributed by atoms with van der Waals surface area (Å²) in [5, 5.41) is 0.291. The van der Waals surface area contributed by atoms with Gasteiger partial charge in [-0.3, -0.25) is 9.59 Å². The Morgan fingerprint density at radius 2 is 2.24 bits per heavy atom. The molecule has 1 atom stereocenters. The molecule has 0 aromatic carbocycles. The summed E-state index contributed by atoms with van der Waals surface area (Å²) in [6.45, 7) is 7.39. The van der Waals surface area contributed by atoms with E-state index >= 15 is 0 Å². The number of aryl methyl sites for hydroxylation is 2. The second-order valence-electron chi connectivity index (χ2n) is 7.04. The molecule has 0 spiro atoms. The number of carbonyl (C=O) groups is 1. The lowest BCUT2D eigenvalue weighted by Crippen LogP contribution is -2.32. The lowest BCUT2D eigenvalue weighted by molar-refractivity contribution is 0.0784. The van der Waals surface area contributed by atoms with Crippen LogP contribution in [0.3, 0.4) is 0 Å². The van der Waals surface area contributed by atoms with Gasteiger partial charge in [0.25, 0.3) is 11.5 Å². The zero-order valence-corrected chi connectivity index (χ0v) is 15.4. The maximum Gasteiger partial charge on any atom is 0.265 e. The number of hydrogen-bond donors (Lipinski definition) is 0. The first-order valence-corrected chi connectivity index (χ1v) is 8.84. The fourth-order valence-electron chi connectivity index (χ4n) is 3.68. The number of fused-ring (bicyclic) bond motifs is 1. The van der Waals surface area contributed by atoms with Gasteiger partial charge in [0.2, 0.25) is 5.71 Å². The molecule has 1 aliphatic rings. The first kappa shape index (κ1) is 17.7. The number of amides is 1. The van der Waals surface area contributed by atoms with Crippen molar-refractivity contribution in [3.8, 4) is 0 Å². The zero-order chi connectivity index (χ0) is 18.1. The molecule has 0 radical (unpaired) electrons. The standard InChI is InChI=1S/C18H26N4O3/c1-5-7-20(3)9-13-6-8-22(10-13)18(24)14-12(2)25-16-15(14)17(23)21(4)11-19-16/h11,13H,5-10H2,1-4H3. The van der Waals surface area contributed by atoms with Crippen molar-refractivity contribution in [2.24, 2.45) is 13.0 Å². The number of carbonyl (C=O) groups excluding carboxylic acids is 1. The van der Waals surface area contributed by atoms with Crippen LogP contribution >= 0.6 is 0 Å². The molecule has 0 aliphatic carbocycles. The maximum absolute atomic E-state index is 13.0. The van der Waals surface area contributed by atoms with Crippen LogP contribution in [-0.2, 0) is 7.05 Å². The van der Waals surface area contributed by atoms with Gasteiger partial charge in [-0.15, -0.1) is 0 Å². The summed E-state index contributed by atoms with van der Waals surface area (Å²) in [6.07, 6.45) is 3.53. The van der Waals surface area contributed by atoms with E-state index in [9.17, 15) is 9.59 Å². The second kappa shape index (κ2) is 7.00. The number of furan rings is 1. The Balaban J connectivity index is 1.83. The van der Waals surface area contributed by atoms with Crippen molar-refractivity contribution in [2.75, 3.05) is 33.2 Å². The predicted octanol–water partition coefficient (Wildman–Crippen LogP) is 1.64. The number of likely N-dealkylation sites (tertiary alicyclic amines) is 1. The van der Waals surface area contributed by atoms with Crippen molar-refractivity contribution in [3.05, 3.63) is 28.0 Å². The van der Waals surface area contributed by atoms with Gasteiger partial charge < -0.3 is 18.8 Å². The summed E-state index contributed by atoms with van der Waals surface area (Å²) in [6, 6.07) is 0. The third-order valence-corrected chi connectivity index (χ3v) is 4.91. The molecule has 1 saturated heterocycles. The van der Waals surface area contributed by atoms with Crippen LogP contribution in [0, 0.1) is 12.8 Å². The largest absolute Gasteiger partial charge is 0.442 e. The first-order valence-electron chi connectivity index (χ1n) is 8.84. The molecular formula is C18H26N4O3. The van der Waals surface area contributed by atoms with Gasteiger partial charge in [0.1, 0.15) is 17.5 Å². The van der Waals surface area contributed by atoms with Crippen LogP contribution < -0.4 is 5.56 Å². The van der Waals surface area contributed by atoms with Crippen LogP contribution in [0.1, 0.15) is 35.9 Å². The van der Waals surface area contributed by atoms with Gasteiger partial charge in [0, 0.05) is 26.7 Å². The minimum atomic E-state index is -0.247. The van der Waals surface area contributed by atoms with E-state index in [0.29, 0.717) is 22.6 Å². The predicted molar refractivity (Wildman–Crippen MR) is 95.8 cm³/mol. The third kappa shape index (κ3) is 3.33. The Kier molecular flexibility index (Phi) is 4.94. The average molecular weight is 346 g/mol. The van der Waals surface area contributed by atoms with E-state index in [1.807, 2.05) is 4.90 Å². The Morgan fingerprint density at radius 3 is 2.96 bits per heavy atom. The molecule has 2 aromatic rings. The third-order valence-electron chi connectivity index (χ3n) is 4.91. The molecule has 2 aromatic heterocycles. The Labute approximate surface area is 147 Å². The number of nitrogens with zero attached hydrogens (tertiary/aromatic N) is 4. The van der Waals surface area contributed by atoms with Gasteiger partial charge in [-0.2, -0.15) is 0 Å². The minimum Gasteiger partial charge on any atom is -0.442 e. The van der Waals surface area contributed by atoms with E-state index in [2.05, 4.69) is 23.9 Å². The molecule has 7 nitrogen and oxygen atoms in total. The number of hydrogen-bond acceptors (Lipinski definition) is 5. The highest BCUT2D eigenvalue weighted by Crippen LogP contribution is 2.26. The quantitative estimate of drug-likeness (QED) is 0.823. The molecule has 136 valence electrons. The van der Waals surface area contributed by atoms with Crippen LogP contribution in [0.25, 0.3) is 11.1 Å². The van der Waals surface area contributed by atoms with Gasteiger partial charge in [0.05, 0.1) is 5.56 Å². The highest BCUT2D eigenvalue weighted by Gasteiger charge is 2.31. The molecule has 1 fully saturated rings. The van der Waals surface area contributed by atoms with Gasteiger partial charge >= 0.3 is 0 Å². The Hall–Kier alpha value is -2.15. The number of aromatic nitrogens is 2. The van der Waals surface area contributed by atoms with Gasteiger partial charge in [-0.05, 0) is 39.3 Å². The van der Waals surface area contributed by atoms with Gasteiger partial charge in [-0.1, -0.05) is 6.92 Å². The van der Waals surface area contributed by atoms with Crippen molar-refractivity contribution in [2.45, 2.75) is 26.7 Å².